The van der Waals surface area contributed by atoms with Gasteiger partial charge >= 0.3 is 0 Å². The lowest BCUT2D eigenvalue weighted by molar-refractivity contribution is -0.119. The van der Waals surface area contributed by atoms with Crippen molar-refractivity contribution in [3.8, 4) is 0 Å². The van der Waals surface area contributed by atoms with E-state index in [4.69, 9.17) is 5.73 Å². The zero-order chi connectivity index (χ0) is 16.2. The molecule has 0 saturated carbocycles. The van der Waals surface area contributed by atoms with Gasteiger partial charge in [-0.05, 0) is 61.1 Å². The molecule has 1 amide bonds. The van der Waals surface area contributed by atoms with E-state index < -0.39 is 0 Å². The first-order valence-electron chi connectivity index (χ1n) is 7.99. The number of aryl methyl sites for hydroxylation is 2. The molecule has 1 atom stereocenters. The fourth-order valence-electron chi connectivity index (χ4n) is 3.08. The van der Waals surface area contributed by atoms with Crippen molar-refractivity contribution in [2.24, 2.45) is 0 Å². The number of nitrogen functional groups attached to an aromatic ring is 1. The van der Waals surface area contributed by atoms with E-state index in [9.17, 15) is 4.79 Å². The Bertz CT molecular complexity index is 720. The van der Waals surface area contributed by atoms with E-state index in [1.807, 2.05) is 24.3 Å². The second-order valence-corrected chi connectivity index (χ2v) is 7.04. The predicted molar refractivity (Wildman–Crippen MR) is 104 cm³/mol. The molecule has 0 radical (unpaired) electrons. The van der Waals surface area contributed by atoms with E-state index in [-0.39, 0.29) is 24.4 Å². The van der Waals surface area contributed by atoms with Gasteiger partial charge in [0.15, 0.2) is 0 Å². The molecular weight excluding hydrogens is 340 g/mol. The normalized spacial score (nSPS) is 16.0. The molecular formula is C19H23ClN2OS. The van der Waals surface area contributed by atoms with Gasteiger partial charge in [-0.15, -0.1) is 24.2 Å². The van der Waals surface area contributed by atoms with Gasteiger partial charge in [0.2, 0.25) is 5.91 Å². The summed E-state index contributed by atoms with van der Waals surface area (Å²) in [4.78, 5) is 13.5. The first-order chi connectivity index (χ1) is 11.1. The summed E-state index contributed by atoms with van der Waals surface area (Å²) < 4.78 is 0. The van der Waals surface area contributed by atoms with Crippen molar-refractivity contribution in [2.45, 2.75) is 37.1 Å². The van der Waals surface area contributed by atoms with E-state index in [1.54, 1.807) is 11.8 Å². The number of carbonyl (C=O) groups excluding carboxylic acids is 1. The van der Waals surface area contributed by atoms with Crippen LogP contribution in [0.1, 0.15) is 35.6 Å². The van der Waals surface area contributed by atoms with Crippen LogP contribution in [0.2, 0.25) is 0 Å². The number of nitrogens with two attached hydrogens (primary N) is 1. The maximum atomic E-state index is 12.3. The molecule has 5 heteroatoms. The van der Waals surface area contributed by atoms with Crippen molar-refractivity contribution in [3.63, 3.8) is 0 Å². The van der Waals surface area contributed by atoms with E-state index in [0.717, 1.165) is 24.9 Å². The van der Waals surface area contributed by atoms with Crippen molar-refractivity contribution in [1.29, 1.82) is 0 Å². The summed E-state index contributed by atoms with van der Waals surface area (Å²) in [5, 5.41) is 3.18. The number of amides is 1. The van der Waals surface area contributed by atoms with Crippen molar-refractivity contribution >= 4 is 35.8 Å². The summed E-state index contributed by atoms with van der Waals surface area (Å²) in [5.74, 6) is 0.541. The van der Waals surface area contributed by atoms with Gasteiger partial charge in [0.25, 0.3) is 0 Å². The Balaban J connectivity index is 0.00000208. The molecule has 1 unspecified atom stereocenters. The zero-order valence-electron chi connectivity index (χ0n) is 13.7. The number of rotatable bonds is 4. The summed E-state index contributed by atoms with van der Waals surface area (Å²) in [6, 6.07) is 14.3. The van der Waals surface area contributed by atoms with Crippen molar-refractivity contribution in [1.82, 2.24) is 5.32 Å². The molecule has 2 aromatic rings. The van der Waals surface area contributed by atoms with E-state index >= 15 is 0 Å². The topological polar surface area (TPSA) is 55.1 Å². The predicted octanol–water partition coefficient (Wildman–Crippen LogP) is 4.28. The third-order valence-corrected chi connectivity index (χ3v) is 5.44. The number of hydrogen-bond donors (Lipinski definition) is 2. The van der Waals surface area contributed by atoms with Gasteiger partial charge in [-0.2, -0.15) is 0 Å². The van der Waals surface area contributed by atoms with Crippen molar-refractivity contribution in [3.05, 3.63) is 59.2 Å². The van der Waals surface area contributed by atoms with Crippen LogP contribution >= 0.6 is 24.2 Å². The van der Waals surface area contributed by atoms with Crippen molar-refractivity contribution in [2.75, 3.05) is 11.5 Å². The third-order valence-electron chi connectivity index (χ3n) is 4.27. The molecule has 1 aliphatic carbocycles. The van der Waals surface area contributed by atoms with Crippen LogP contribution in [0.3, 0.4) is 0 Å². The van der Waals surface area contributed by atoms with Crippen LogP contribution in [0.25, 0.3) is 0 Å². The lowest BCUT2D eigenvalue weighted by Gasteiger charge is -2.26. The lowest BCUT2D eigenvalue weighted by Crippen LogP contribution is -2.32. The number of benzene rings is 2. The van der Waals surface area contributed by atoms with Gasteiger partial charge in [0.05, 0.1) is 11.8 Å². The Kier molecular flexibility index (Phi) is 6.58. The molecule has 1 aliphatic rings. The van der Waals surface area contributed by atoms with Gasteiger partial charge in [-0.1, -0.05) is 24.3 Å². The second kappa shape index (κ2) is 8.45. The minimum absolute atomic E-state index is 0. The van der Waals surface area contributed by atoms with Crippen LogP contribution in [-0.4, -0.2) is 11.7 Å². The smallest absolute Gasteiger partial charge is 0.230 e. The van der Waals surface area contributed by atoms with Gasteiger partial charge < -0.3 is 11.1 Å². The molecule has 3 rings (SSSR count). The minimum Gasteiger partial charge on any atom is -0.399 e. The third kappa shape index (κ3) is 4.46. The highest BCUT2D eigenvalue weighted by atomic mass is 35.5. The molecule has 0 aromatic heterocycles. The quantitative estimate of drug-likeness (QED) is 0.630. The SMILES string of the molecule is Cc1ccccc1SCC(=O)NC1CCCc2cc(N)ccc21.Cl. The highest BCUT2D eigenvalue weighted by Gasteiger charge is 2.21. The number of halogens is 1. The number of anilines is 1. The Morgan fingerprint density at radius 1 is 1.29 bits per heavy atom. The molecule has 0 fully saturated rings. The number of carbonyl (C=O) groups is 1. The number of thioether (sulfide) groups is 1. The van der Waals surface area contributed by atoms with Gasteiger partial charge in [0, 0.05) is 10.6 Å². The molecule has 128 valence electrons. The highest BCUT2D eigenvalue weighted by molar-refractivity contribution is 8.00. The van der Waals surface area contributed by atoms with Gasteiger partial charge in [-0.3, -0.25) is 4.79 Å². The first-order valence-corrected chi connectivity index (χ1v) is 8.98. The van der Waals surface area contributed by atoms with Crippen LogP contribution in [0.15, 0.2) is 47.4 Å². The summed E-state index contributed by atoms with van der Waals surface area (Å²) in [7, 11) is 0. The standard InChI is InChI=1S/C19H22N2OS.ClH/c1-13-5-2-3-8-18(13)23-12-19(22)21-17-7-4-6-14-11-15(20)9-10-16(14)17;/h2-3,5,8-11,17H,4,6-7,12,20H2,1H3,(H,21,22);1H. The Morgan fingerprint density at radius 3 is 2.88 bits per heavy atom. The number of nitrogens with one attached hydrogen (secondary N) is 1. The maximum absolute atomic E-state index is 12.3. The summed E-state index contributed by atoms with van der Waals surface area (Å²) in [6.07, 6.45) is 3.13. The fourth-order valence-corrected chi connectivity index (χ4v) is 3.92. The second-order valence-electron chi connectivity index (χ2n) is 6.02. The van der Waals surface area contributed by atoms with Crippen molar-refractivity contribution < 1.29 is 4.79 Å². The minimum atomic E-state index is 0. The van der Waals surface area contributed by atoms with E-state index in [0.29, 0.717) is 5.75 Å². The molecule has 0 aliphatic heterocycles. The number of hydrogen-bond acceptors (Lipinski definition) is 3. The highest BCUT2D eigenvalue weighted by Crippen LogP contribution is 2.31. The van der Waals surface area contributed by atoms with Crippen LogP contribution in [-0.2, 0) is 11.2 Å². The molecule has 0 bridgehead atoms. The summed E-state index contributed by atoms with van der Waals surface area (Å²) in [6.45, 7) is 2.07. The molecule has 0 saturated heterocycles. The molecule has 3 N–H and O–H groups in total. The Labute approximate surface area is 153 Å². The molecule has 2 aromatic carbocycles. The van der Waals surface area contributed by atoms with Crippen LogP contribution in [0.4, 0.5) is 5.69 Å². The first kappa shape index (κ1) is 18.7. The Morgan fingerprint density at radius 2 is 2.08 bits per heavy atom. The van der Waals surface area contributed by atoms with Crippen LogP contribution < -0.4 is 11.1 Å². The summed E-state index contributed by atoms with van der Waals surface area (Å²) in [5.41, 5.74) is 10.4. The zero-order valence-corrected chi connectivity index (χ0v) is 15.4. The number of fused-ring (bicyclic) bond motifs is 1. The van der Waals surface area contributed by atoms with E-state index in [2.05, 4.69) is 30.4 Å². The largest absolute Gasteiger partial charge is 0.399 e. The van der Waals surface area contributed by atoms with Crippen LogP contribution in [0, 0.1) is 6.92 Å². The summed E-state index contributed by atoms with van der Waals surface area (Å²) >= 11 is 1.60. The molecule has 3 nitrogen and oxygen atoms in total. The maximum Gasteiger partial charge on any atom is 0.230 e. The molecule has 24 heavy (non-hydrogen) atoms. The van der Waals surface area contributed by atoms with E-state index in [1.165, 1.54) is 21.6 Å². The average Bonchev–Trinajstić information content (AvgIpc) is 2.54. The van der Waals surface area contributed by atoms with Gasteiger partial charge in [-0.25, -0.2) is 0 Å². The average molecular weight is 363 g/mol. The Hall–Kier alpha value is -1.65. The monoisotopic (exact) mass is 362 g/mol. The lowest BCUT2D eigenvalue weighted by atomic mass is 9.87. The van der Waals surface area contributed by atoms with Gasteiger partial charge in [0.1, 0.15) is 0 Å². The molecule has 0 heterocycles. The van der Waals surface area contributed by atoms with Crippen LogP contribution in [0.5, 0.6) is 0 Å². The fraction of sp³-hybridized carbons (Fsp3) is 0.316. The molecule has 0 spiro atoms.